The highest BCUT2D eigenvalue weighted by Crippen LogP contribution is 2.33. The van der Waals surface area contributed by atoms with Gasteiger partial charge in [0.2, 0.25) is 10.0 Å². The maximum Gasteiger partial charge on any atom is 0.407 e. The van der Waals surface area contributed by atoms with Crippen LogP contribution in [0.25, 0.3) is 0 Å². The Morgan fingerprint density at radius 2 is 1.92 bits per heavy atom. The highest BCUT2D eigenvalue weighted by atomic mass is 32.2. The van der Waals surface area contributed by atoms with Crippen molar-refractivity contribution in [1.82, 2.24) is 9.62 Å². The lowest BCUT2D eigenvalue weighted by Crippen LogP contribution is -2.51. The van der Waals surface area contributed by atoms with Crippen molar-refractivity contribution in [2.75, 3.05) is 31.9 Å². The van der Waals surface area contributed by atoms with Crippen LogP contribution < -0.4 is 11.1 Å². The van der Waals surface area contributed by atoms with Gasteiger partial charge in [0, 0.05) is 21.5 Å². The van der Waals surface area contributed by atoms with Gasteiger partial charge in [-0.2, -0.15) is 4.31 Å². The Kier molecular flexibility index (Phi) is 6.62. The number of nitrogens with zero attached hydrogens (tertiary/aromatic N) is 1. The van der Waals surface area contributed by atoms with Crippen molar-refractivity contribution in [3.8, 4) is 0 Å². The van der Waals surface area contributed by atoms with E-state index in [-0.39, 0.29) is 23.8 Å². The number of carbonyl (C=O) groups is 1. The van der Waals surface area contributed by atoms with Gasteiger partial charge >= 0.3 is 6.09 Å². The summed E-state index contributed by atoms with van der Waals surface area (Å²) in [5.41, 5.74) is 6.71. The number of aliphatic hydroxyl groups is 1. The Morgan fingerprint density at radius 3 is 2.61 bits per heavy atom. The molecule has 4 rings (SSSR count). The quantitative estimate of drug-likeness (QED) is 0.360. The van der Waals surface area contributed by atoms with Gasteiger partial charge in [-0.15, -0.1) is 0 Å². The van der Waals surface area contributed by atoms with Gasteiger partial charge in [0.1, 0.15) is 6.08 Å². The molecule has 5 atom stereocenters. The van der Waals surface area contributed by atoms with Crippen LogP contribution in [-0.4, -0.2) is 74.6 Å². The van der Waals surface area contributed by atoms with Crippen LogP contribution in [0.15, 0.2) is 59.5 Å². The molecule has 11 heteroatoms. The Labute approximate surface area is 233 Å². The molecular formula is C27H37N3O7S. The molecule has 2 aromatic carbocycles. The van der Waals surface area contributed by atoms with Gasteiger partial charge < -0.3 is 30.4 Å². The van der Waals surface area contributed by atoms with E-state index in [1.54, 1.807) is 44.2 Å². The zero-order chi connectivity index (χ0) is 33.6. The summed E-state index contributed by atoms with van der Waals surface area (Å²) in [6, 6.07) is 12.9. The molecule has 10 nitrogen and oxygen atoms in total. The van der Waals surface area contributed by atoms with Gasteiger partial charge in [0.05, 0.1) is 42.9 Å². The lowest BCUT2D eigenvalue weighted by Gasteiger charge is -2.31. The molecule has 0 aromatic heterocycles. The van der Waals surface area contributed by atoms with Crippen molar-refractivity contribution < 1.29 is 42.1 Å². The number of nitrogens with two attached hydrogens (primary N) is 1. The van der Waals surface area contributed by atoms with E-state index in [0.29, 0.717) is 11.3 Å². The smallest absolute Gasteiger partial charge is 0.407 e. The summed E-state index contributed by atoms with van der Waals surface area (Å²) in [4.78, 5) is 13.2. The SMILES string of the molecule is [2H]C1([2H])O[C@@H]2OC([2H])([2H])[C@]([2H])(OC(=O)N[C@@H](Cc3ccccc3)[C@H](O)CN(CC(C)C)S(=O)(=O)c3ccc(N)cc3)[C@@H]2C1([2H])[2H]. The number of alkyl carbamates (subject to hydrolysis) is 1. The summed E-state index contributed by atoms with van der Waals surface area (Å²) in [7, 11) is -4.13. The highest BCUT2D eigenvalue weighted by molar-refractivity contribution is 7.89. The molecule has 0 spiro atoms. The van der Waals surface area contributed by atoms with E-state index in [0.717, 1.165) is 4.31 Å². The van der Waals surface area contributed by atoms with E-state index in [2.05, 4.69) is 5.32 Å². The Morgan fingerprint density at radius 1 is 1.21 bits per heavy atom. The van der Waals surface area contributed by atoms with Gasteiger partial charge in [-0.25, -0.2) is 13.2 Å². The van der Waals surface area contributed by atoms with Crippen LogP contribution in [0.1, 0.15) is 35.4 Å². The maximum atomic E-state index is 13.6. The molecule has 2 aliphatic rings. The fraction of sp³-hybridized carbons (Fsp3) is 0.519. The molecule has 2 aromatic rings. The molecule has 38 heavy (non-hydrogen) atoms. The molecular weight excluding hydrogens is 510 g/mol. The van der Waals surface area contributed by atoms with Crippen LogP contribution in [0.5, 0.6) is 0 Å². The average molecular weight is 555 g/mol. The summed E-state index contributed by atoms with van der Waals surface area (Å²) < 4.78 is 100. The van der Waals surface area contributed by atoms with Crippen molar-refractivity contribution in [2.45, 2.75) is 56.1 Å². The second-order valence-electron chi connectivity index (χ2n) is 9.48. The summed E-state index contributed by atoms with van der Waals surface area (Å²) in [5, 5.41) is 13.8. The van der Waals surface area contributed by atoms with E-state index < -0.39 is 72.6 Å². The van der Waals surface area contributed by atoms with Gasteiger partial charge in [0.15, 0.2) is 6.29 Å². The topological polar surface area (TPSA) is 140 Å². The summed E-state index contributed by atoms with van der Waals surface area (Å²) >= 11 is 0. The number of anilines is 1. The largest absolute Gasteiger partial charge is 0.443 e. The Hall–Kier alpha value is -2.70. The third-order valence-corrected chi connectivity index (χ3v) is 7.81. The number of nitrogen functional groups attached to an aromatic ring is 1. The molecule has 0 aliphatic carbocycles. The van der Waals surface area contributed by atoms with Crippen molar-refractivity contribution in [2.24, 2.45) is 11.8 Å². The number of nitrogens with one attached hydrogen (secondary N) is 1. The van der Waals surface area contributed by atoms with E-state index in [1.165, 1.54) is 24.3 Å². The minimum Gasteiger partial charge on any atom is -0.443 e. The van der Waals surface area contributed by atoms with Crippen LogP contribution in [0.3, 0.4) is 0 Å². The molecule has 1 amide bonds. The van der Waals surface area contributed by atoms with Gasteiger partial charge in [0.25, 0.3) is 0 Å². The number of ether oxygens (including phenoxy) is 3. The number of carbonyl (C=O) groups excluding carboxylic acids is 1. The van der Waals surface area contributed by atoms with Crippen molar-refractivity contribution >= 4 is 21.8 Å². The minimum atomic E-state index is -4.13. The lowest BCUT2D eigenvalue weighted by molar-refractivity contribution is -0.0907. The summed E-state index contributed by atoms with van der Waals surface area (Å²) in [6.45, 7) is -2.96. The van der Waals surface area contributed by atoms with Gasteiger partial charge in [-0.3, -0.25) is 0 Å². The minimum absolute atomic E-state index is 0.0137. The fourth-order valence-electron chi connectivity index (χ4n) is 4.07. The molecule has 0 unspecified atom stereocenters. The highest BCUT2D eigenvalue weighted by Gasteiger charge is 2.44. The number of fused-ring (bicyclic) bond motifs is 1. The average Bonchev–Trinajstić information content (AvgIpc) is 3.22. The second-order valence-corrected chi connectivity index (χ2v) is 11.4. The maximum absolute atomic E-state index is 13.6. The van der Waals surface area contributed by atoms with E-state index >= 15 is 0 Å². The van der Waals surface area contributed by atoms with Crippen LogP contribution in [0.2, 0.25) is 0 Å². The number of sulfonamides is 1. The predicted octanol–water partition coefficient (Wildman–Crippen LogP) is 2.38. The van der Waals surface area contributed by atoms with E-state index in [1.807, 2.05) is 0 Å². The second kappa shape index (κ2) is 12.4. The first-order chi connectivity index (χ1) is 20.7. The molecule has 208 valence electrons. The van der Waals surface area contributed by atoms with E-state index in [9.17, 15) is 18.3 Å². The Balaban J connectivity index is 1.61. The zero-order valence-corrected chi connectivity index (χ0v) is 21.9. The molecule has 0 radical (unpaired) electrons. The van der Waals surface area contributed by atoms with Crippen LogP contribution in [-0.2, 0) is 30.7 Å². The van der Waals surface area contributed by atoms with Crippen LogP contribution in [0, 0.1) is 11.8 Å². The monoisotopic (exact) mass is 554 g/mol. The molecule has 2 heterocycles. The summed E-state index contributed by atoms with van der Waals surface area (Å²) in [6.07, 6.45) is -11.0. The first kappa shape index (κ1) is 20.2. The molecule has 2 aliphatic heterocycles. The molecule has 0 bridgehead atoms. The lowest BCUT2D eigenvalue weighted by atomic mass is 10.0. The van der Waals surface area contributed by atoms with E-state index in [4.69, 9.17) is 29.5 Å². The summed E-state index contributed by atoms with van der Waals surface area (Å²) in [5.74, 6) is -2.18. The third-order valence-electron chi connectivity index (χ3n) is 5.97. The molecule has 0 saturated carbocycles. The molecule has 2 saturated heterocycles. The van der Waals surface area contributed by atoms with Gasteiger partial charge in [-0.05, 0) is 48.5 Å². The van der Waals surface area contributed by atoms with Crippen LogP contribution >= 0.6 is 0 Å². The molecule has 2 fully saturated rings. The number of rotatable bonds is 11. The first-order valence-electron chi connectivity index (χ1n) is 15.6. The van der Waals surface area contributed by atoms with Crippen molar-refractivity contribution in [1.29, 1.82) is 0 Å². The fourth-order valence-corrected chi connectivity index (χ4v) is 5.69. The van der Waals surface area contributed by atoms with Crippen LogP contribution in [0.4, 0.5) is 10.5 Å². The zero-order valence-electron chi connectivity index (χ0n) is 28.0. The van der Waals surface area contributed by atoms with Gasteiger partial charge in [-0.1, -0.05) is 44.2 Å². The number of hydrogen-bond acceptors (Lipinski definition) is 8. The number of amides is 1. The normalized spacial score (nSPS) is 31.4. The standard InChI is InChI=1S/C27H37N3O7S/c1-18(2)15-30(38(33,34)21-10-8-20(28)9-11-21)16-24(31)23(14-19-6-4-3-5-7-19)29-27(32)37-25-17-36-26-22(25)12-13-35-26/h3-11,18,22-26,31H,12-17,28H2,1-2H3,(H,29,32)/t22-,23-,24+,25-,26+/m0/s1/i12D2,13D2,17D2,25D. The third kappa shape index (κ3) is 7.03. The number of benzene rings is 2. The predicted molar refractivity (Wildman–Crippen MR) is 142 cm³/mol. The van der Waals surface area contributed by atoms with Crippen molar-refractivity contribution in [3.05, 3.63) is 60.2 Å². The number of aliphatic hydroxyl groups excluding tert-OH is 1. The number of hydrogen-bond donors (Lipinski definition) is 3. The Bertz CT molecular complexity index is 1470. The van der Waals surface area contributed by atoms with Crippen molar-refractivity contribution in [3.63, 3.8) is 0 Å². The molecule has 4 N–H and O–H groups in total. The first-order valence-corrected chi connectivity index (χ1v) is 13.6.